The maximum Gasteiger partial charge on any atom is 0.161 e. The van der Waals surface area contributed by atoms with Gasteiger partial charge in [-0.25, -0.2) is 0 Å². The maximum absolute atomic E-state index is 10.8. The molecule has 2 aliphatic heterocycles. The standard InChI is InChI=1S/C20H38O4S.Ac/c1-8-15-12(5)11(4)13(6)19(22-15)24-18-14(7)20(25-10-3)23-16(9-2)17(18)21;/h11-21H,8-10H2,1-7H3;. The molecule has 151 valence electrons. The molecule has 2 heterocycles. The summed E-state index contributed by atoms with van der Waals surface area (Å²) in [6.45, 7) is 15.3. The van der Waals surface area contributed by atoms with Crippen LogP contribution in [0.5, 0.6) is 0 Å². The van der Waals surface area contributed by atoms with Crippen LogP contribution in [0, 0.1) is 67.7 Å². The Morgan fingerprint density at radius 1 is 0.846 bits per heavy atom. The summed E-state index contributed by atoms with van der Waals surface area (Å²) in [5.74, 6) is 2.52. The van der Waals surface area contributed by atoms with Crippen LogP contribution < -0.4 is 0 Å². The molecule has 26 heavy (non-hydrogen) atoms. The minimum Gasteiger partial charge on any atom is -0.388 e. The molecular weight excluding hydrogens is 563 g/mol. The Balaban J connectivity index is 0.00000338. The van der Waals surface area contributed by atoms with Gasteiger partial charge in [-0.2, -0.15) is 0 Å². The predicted molar refractivity (Wildman–Crippen MR) is 104 cm³/mol. The van der Waals surface area contributed by atoms with Crippen LogP contribution in [0.2, 0.25) is 0 Å². The zero-order valence-corrected chi connectivity index (χ0v) is 23.1. The second kappa shape index (κ2) is 11.7. The molecule has 0 aromatic heterocycles. The molecule has 1 N–H and O–H groups in total. The summed E-state index contributed by atoms with van der Waals surface area (Å²) in [7, 11) is 0. The first-order valence-corrected chi connectivity index (χ1v) is 11.2. The van der Waals surface area contributed by atoms with E-state index in [-0.39, 0.29) is 80.0 Å². The minimum atomic E-state index is -0.598. The van der Waals surface area contributed by atoms with Gasteiger partial charge in [0, 0.05) is 55.9 Å². The third kappa shape index (κ3) is 5.61. The molecule has 10 unspecified atom stereocenters. The largest absolute Gasteiger partial charge is 0.388 e. The van der Waals surface area contributed by atoms with Gasteiger partial charge in [0.05, 0.1) is 18.3 Å². The summed E-state index contributed by atoms with van der Waals surface area (Å²) in [6, 6.07) is 0. The Bertz CT molecular complexity index is 411. The van der Waals surface area contributed by atoms with Gasteiger partial charge in [0.15, 0.2) is 6.29 Å². The van der Waals surface area contributed by atoms with Gasteiger partial charge in [0.1, 0.15) is 11.5 Å². The monoisotopic (exact) mass is 601 g/mol. The van der Waals surface area contributed by atoms with Crippen LogP contribution in [0.25, 0.3) is 0 Å². The van der Waals surface area contributed by atoms with Crippen molar-refractivity contribution < 1.29 is 63.4 Å². The number of thioether (sulfide) groups is 1. The SMILES string of the molecule is CCSC1OC(CC)C(O)C(OC2OC(CC)C(C)C(C)C2C)C1C.[Ac]. The average Bonchev–Trinajstić information content (AvgIpc) is 2.60. The molecule has 0 spiro atoms. The van der Waals surface area contributed by atoms with Gasteiger partial charge < -0.3 is 19.3 Å². The van der Waals surface area contributed by atoms with Gasteiger partial charge in [-0.1, -0.05) is 48.5 Å². The Morgan fingerprint density at radius 3 is 2.00 bits per heavy atom. The average molecular weight is 602 g/mol. The summed E-state index contributed by atoms with van der Waals surface area (Å²) in [6.07, 6.45) is 0.763. The topological polar surface area (TPSA) is 47.9 Å². The summed E-state index contributed by atoms with van der Waals surface area (Å²) >= 11 is 1.80. The van der Waals surface area contributed by atoms with E-state index in [0.29, 0.717) is 17.8 Å². The first-order chi connectivity index (χ1) is 11.8. The fourth-order valence-corrected chi connectivity index (χ4v) is 5.22. The first kappa shape index (κ1) is 25.7. The van der Waals surface area contributed by atoms with Gasteiger partial charge in [0.25, 0.3) is 0 Å². The number of ether oxygens (including phenoxy) is 3. The molecule has 4 nitrogen and oxygen atoms in total. The Hall–Kier alpha value is 1.63. The molecule has 2 saturated heterocycles. The van der Waals surface area contributed by atoms with Gasteiger partial charge in [0.2, 0.25) is 0 Å². The zero-order chi connectivity index (χ0) is 18.7. The molecule has 0 aliphatic carbocycles. The third-order valence-electron chi connectivity index (χ3n) is 6.38. The van der Waals surface area contributed by atoms with Crippen LogP contribution in [0.4, 0.5) is 0 Å². The molecule has 0 amide bonds. The van der Waals surface area contributed by atoms with Crippen LogP contribution in [-0.2, 0) is 14.2 Å². The first-order valence-electron chi connectivity index (χ1n) is 10.1. The molecule has 0 saturated carbocycles. The Morgan fingerprint density at radius 2 is 1.46 bits per heavy atom. The van der Waals surface area contributed by atoms with Crippen LogP contribution in [-0.4, -0.2) is 47.0 Å². The second-order valence-electron chi connectivity index (χ2n) is 7.89. The van der Waals surface area contributed by atoms with E-state index in [1.807, 2.05) is 0 Å². The number of rotatable bonds is 6. The maximum atomic E-state index is 10.8. The van der Waals surface area contributed by atoms with Crippen molar-refractivity contribution in [1.29, 1.82) is 0 Å². The van der Waals surface area contributed by atoms with Crippen LogP contribution >= 0.6 is 11.8 Å². The van der Waals surface area contributed by atoms with Crippen LogP contribution in [0.15, 0.2) is 0 Å². The molecule has 10 atom stereocenters. The van der Waals surface area contributed by atoms with Crippen molar-refractivity contribution in [2.45, 2.75) is 97.4 Å². The Kier molecular flexibility index (Phi) is 11.6. The number of hydrogen-bond donors (Lipinski definition) is 1. The van der Waals surface area contributed by atoms with E-state index in [2.05, 4.69) is 48.5 Å². The molecule has 6 heteroatoms. The van der Waals surface area contributed by atoms with Crippen molar-refractivity contribution in [1.82, 2.24) is 0 Å². The fraction of sp³-hybridized carbons (Fsp3) is 1.00. The third-order valence-corrected chi connectivity index (χ3v) is 7.59. The van der Waals surface area contributed by atoms with Gasteiger partial charge in [-0.15, -0.1) is 11.8 Å². The normalized spacial score (nSPS) is 46.6. The summed E-state index contributed by atoms with van der Waals surface area (Å²) < 4.78 is 18.9. The van der Waals surface area contributed by atoms with E-state index in [1.54, 1.807) is 11.8 Å². The van der Waals surface area contributed by atoms with E-state index in [1.165, 1.54) is 0 Å². The molecular formula is C20H38AcO4S. The van der Waals surface area contributed by atoms with Crippen molar-refractivity contribution in [3.63, 3.8) is 0 Å². The smallest absolute Gasteiger partial charge is 0.161 e. The van der Waals surface area contributed by atoms with E-state index in [4.69, 9.17) is 14.2 Å². The van der Waals surface area contributed by atoms with Crippen LogP contribution in [0.3, 0.4) is 0 Å². The molecule has 2 rings (SSSR count). The fourth-order valence-electron chi connectivity index (χ4n) is 4.22. The molecule has 2 fully saturated rings. The van der Waals surface area contributed by atoms with Crippen molar-refractivity contribution in [3.05, 3.63) is 0 Å². The van der Waals surface area contributed by atoms with Gasteiger partial charge >= 0.3 is 0 Å². The second-order valence-corrected chi connectivity index (χ2v) is 9.26. The predicted octanol–water partition coefficient (Wildman–Crippen LogP) is 4.30. The summed E-state index contributed by atoms with van der Waals surface area (Å²) in [5.41, 5.74) is 0.0700. The van der Waals surface area contributed by atoms with E-state index >= 15 is 0 Å². The van der Waals surface area contributed by atoms with Gasteiger partial charge in [-0.3, -0.25) is 0 Å². The number of hydrogen-bond acceptors (Lipinski definition) is 5. The van der Waals surface area contributed by atoms with E-state index < -0.39 is 6.10 Å². The molecule has 0 bridgehead atoms. The van der Waals surface area contributed by atoms with E-state index in [0.717, 1.165) is 18.6 Å². The molecule has 1 radical (unpaired) electrons. The molecule has 0 aromatic carbocycles. The van der Waals surface area contributed by atoms with Gasteiger partial charge in [-0.05, 0) is 30.4 Å². The Labute approximate surface area is 200 Å². The number of aliphatic hydroxyl groups is 1. The van der Waals surface area contributed by atoms with Crippen molar-refractivity contribution in [2.75, 3.05) is 5.75 Å². The van der Waals surface area contributed by atoms with Crippen molar-refractivity contribution in [3.8, 4) is 0 Å². The van der Waals surface area contributed by atoms with Crippen molar-refractivity contribution >= 4 is 11.8 Å². The van der Waals surface area contributed by atoms with E-state index in [9.17, 15) is 5.11 Å². The quantitative estimate of drug-likeness (QED) is 0.493. The van der Waals surface area contributed by atoms with Crippen molar-refractivity contribution in [2.24, 2.45) is 23.7 Å². The minimum absolute atomic E-state index is 0. The summed E-state index contributed by atoms with van der Waals surface area (Å²) in [5, 5.41) is 10.8. The molecule has 0 aromatic rings. The zero-order valence-electron chi connectivity index (χ0n) is 17.6. The van der Waals surface area contributed by atoms with Crippen LogP contribution in [0.1, 0.15) is 61.3 Å². The summed E-state index contributed by atoms with van der Waals surface area (Å²) in [4.78, 5) is 0. The number of aliphatic hydroxyl groups excluding tert-OH is 1. The molecule has 2 aliphatic rings.